The van der Waals surface area contributed by atoms with Gasteiger partial charge in [-0.1, -0.05) is 30.2 Å². The number of fused-ring (bicyclic) bond motifs is 1. The van der Waals surface area contributed by atoms with E-state index in [0.29, 0.717) is 42.0 Å². The number of carbonyl (C=O) groups excluding carboxylic acids is 2. The molecule has 5 rings (SSSR count). The van der Waals surface area contributed by atoms with Crippen LogP contribution in [-0.4, -0.2) is 48.5 Å². The van der Waals surface area contributed by atoms with Crippen LogP contribution in [0.5, 0.6) is 0 Å². The number of hydrogen-bond acceptors (Lipinski definition) is 7. The molecule has 0 unspecified atom stereocenters. The predicted molar refractivity (Wildman–Crippen MR) is 144 cm³/mol. The normalized spacial score (nSPS) is 11.2. The quantitative estimate of drug-likeness (QED) is 0.247. The van der Waals surface area contributed by atoms with Gasteiger partial charge in [0.25, 0.3) is 11.8 Å². The van der Waals surface area contributed by atoms with Crippen LogP contribution < -0.4 is 10.6 Å². The number of benzene rings is 1. The van der Waals surface area contributed by atoms with Crippen LogP contribution in [-0.2, 0) is 13.0 Å². The Balaban J connectivity index is 1.70. The number of halogens is 1. The Morgan fingerprint density at radius 2 is 1.92 bits per heavy atom. The van der Waals surface area contributed by atoms with E-state index in [1.54, 1.807) is 24.7 Å². The van der Waals surface area contributed by atoms with Crippen LogP contribution in [0.2, 0.25) is 0 Å². The van der Waals surface area contributed by atoms with E-state index in [2.05, 4.69) is 47.2 Å². The lowest BCUT2D eigenvalue weighted by Crippen LogP contribution is -2.27. The molecule has 1 aliphatic heterocycles. The summed E-state index contributed by atoms with van der Waals surface area (Å²) in [6.45, 7) is 6.61. The number of rotatable bonds is 8. The first-order valence-electron chi connectivity index (χ1n) is 12.1. The highest BCUT2D eigenvalue weighted by atomic mass is 79.9. The zero-order chi connectivity index (χ0) is 26.8. The van der Waals surface area contributed by atoms with Gasteiger partial charge in [0.2, 0.25) is 5.95 Å². The number of aromatic nitrogens is 6. The number of H-pyrrole nitrogens is 1. The maximum atomic E-state index is 13.3. The van der Waals surface area contributed by atoms with Gasteiger partial charge in [-0.05, 0) is 69.0 Å². The average Bonchev–Trinajstić information content (AvgIpc) is 3.61. The lowest BCUT2D eigenvalue weighted by molar-refractivity contribution is 0.0945. The summed E-state index contributed by atoms with van der Waals surface area (Å²) < 4.78 is 8.23. The van der Waals surface area contributed by atoms with E-state index < -0.39 is 0 Å². The van der Waals surface area contributed by atoms with E-state index in [4.69, 9.17) is 9.40 Å². The third-order valence-electron chi connectivity index (χ3n) is 6.30. The summed E-state index contributed by atoms with van der Waals surface area (Å²) >= 11 is 3.78. The van der Waals surface area contributed by atoms with Crippen LogP contribution in [0.25, 0.3) is 22.3 Å². The van der Waals surface area contributed by atoms with E-state index in [9.17, 15) is 9.59 Å². The number of aromatic amines is 1. The molecule has 194 valence electrons. The Bertz CT molecular complexity index is 1590. The molecule has 0 atom stereocenters. The third-order valence-corrected chi connectivity index (χ3v) is 7.12. The van der Waals surface area contributed by atoms with Crippen molar-refractivity contribution in [3.8, 4) is 22.3 Å². The molecule has 11 nitrogen and oxygen atoms in total. The van der Waals surface area contributed by atoms with Crippen LogP contribution in [0, 0.1) is 6.92 Å². The molecule has 3 N–H and O–H groups in total. The Hall–Kier alpha value is -4.32. The molecular formula is C26H25BrN8O3. The van der Waals surface area contributed by atoms with Gasteiger partial charge < -0.3 is 14.3 Å². The highest BCUT2D eigenvalue weighted by molar-refractivity contribution is 9.10. The number of amides is 2. The molecule has 0 saturated carbocycles. The zero-order valence-corrected chi connectivity index (χ0v) is 22.6. The summed E-state index contributed by atoms with van der Waals surface area (Å²) in [6, 6.07) is 9.19. The summed E-state index contributed by atoms with van der Waals surface area (Å²) in [5.74, 6) is 0.389. The summed E-state index contributed by atoms with van der Waals surface area (Å²) in [4.78, 5) is 31.0. The third kappa shape index (κ3) is 4.47. The smallest absolute Gasteiger partial charge is 0.269 e. The van der Waals surface area contributed by atoms with Gasteiger partial charge in [-0.15, -0.1) is 0 Å². The highest BCUT2D eigenvalue weighted by Crippen LogP contribution is 2.47. The molecular weight excluding hydrogens is 552 g/mol. The number of aryl methyl sites for hydroxylation is 2. The molecule has 0 bridgehead atoms. The van der Waals surface area contributed by atoms with Gasteiger partial charge in [-0.25, -0.2) is 10.1 Å². The molecule has 2 aromatic heterocycles. The summed E-state index contributed by atoms with van der Waals surface area (Å²) in [6.07, 6.45) is 3.93. The molecule has 2 amide bonds. The van der Waals surface area contributed by atoms with Crippen LogP contribution >= 0.6 is 15.9 Å². The first-order valence-corrected chi connectivity index (χ1v) is 12.9. The lowest BCUT2D eigenvalue weighted by atomic mass is 9.97. The molecule has 3 heterocycles. The number of carbonyl (C=O) groups is 2. The maximum Gasteiger partial charge on any atom is 0.269 e. The van der Waals surface area contributed by atoms with Gasteiger partial charge >= 0.3 is 0 Å². The van der Waals surface area contributed by atoms with Crippen molar-refractivity contribution in [3.05, 3.63) is 75.7 Å². The van der Waals surface area contributed by atoms with Gasteiger partial charge in [0.05, 0.1) is 24.8 Å². The molecule has 0 radical (unpaired) electrons. The second-order valence-corrected chi connectivity index (χ2v) is 9.36. The standard InChI is InChI=1S/C26H25BrN8O3/c1-4-20-29-14(3)23(25(37)28-5-2)35(20)12-18-15-10-11-38-13-19(15)22(27)21(18)16-8-6-7-9-17(16)24(36)30-26-31-33-34-32-26/h6-11,13H,4-5,12H2,1-3H3,(H,28,37)(H2,30,31,32,33,34,36). The van der Waals surface area contributed by atoms with E-state index in [1.807, 2.05) is 43.5 Å². The minimum absolute atomic E-state index is 0.142. The molecule has 3 aromatic rings. The first kappa shape index (κ1) is 25.3. The summed E-state index contributed by atoms with van der Waals surface area (Å²) in [5, 5.41) is 18.9. The van der Waals surface area contributed by atoms with Crippen molar-refractivity contribution in [2.24, 2.45) is 0 Å². The lowest BCUT2D eigenvalue weighted by Gasteiger charge is -2.16. The molecule has 0 fully saturated rings. The molecule has 2 aliphatic rings. The summed E-state index contributed by atoms with van der Waals surface area (Å²) in [5.41, 5.74) is 5.83. The first-order chi connectivity index (χ1) is 18.4. The van der Waals surface area contributed by atoms with Gasteiger partial charge in [0, 0.05) is 34.1 Å². The second kappa shape index (κ2) is 10.6. The van der Waals surface area contributed by atoms with Crippen molar-refractivity contribution in [2.45, 2.75) is 33.7 Å². The van der Waals surface area contributed by atoms with Gasteiger partial charge in [0.1, 0.15) is 11.5 Å². The number of imidazole rings is 1. The maximum absolute atomic E-state index is 13.3. The van der Waals surface area contributed by atoms with Gasteiger partial charge in [-0.2, -0.15) is 0 Å². The van der Waals surface area contributed by atoms with Crippen molar-refractivity contribution in [2.75, 3.05) is 11.9 Å². The number of hydrogen-bond donors (Lipinski definition) is 3. The fourth-order valence-electron chi connectivity index (χ4n) is 4.69. The van der Waals surface area contributed by atoms with Crippen molar-refractivity contribution < 1.29 is 14.0 Å². The molecule has 0 spiro atoms. The monoisotopic (exact) mass is 576 g/mol. The van der Waals surface area contributed by atoms with Crippen molar-refractivity contribution in [1.29, 1.82) is 0 Å². The fourth-order valence-corrected chi connectivity index (χ4v) is 5.45. The number of nitrogens with one attached hydrogen (secondary N) is 3. The zero-order valence-electron chi connectivity index (χ0n) is 21.0. The predicted octanol–water partition coefficient (Wildman–Crippen LogP) is 4.44. The Labute approximate surface area is 226 Å². The largest absolute Gasteiger partial charge is 0.472 e. The minimum Gasteiger partial charge on any atom is -0.472 e. The van der Waals surface area contributed by atoms with Crippen LogP contribution in [0.4, 0.5) is 5.95 Å². The fraction of sp³-hybridized carbons (Fsp3) is 0.231. The van der Waals surface area contributed by atoms with Gasteiger partial charge in [-0.3, -0.25) is 14.9 Å². The van der Waals surface area contributed by atoms with Crippen LogP contribution in [0.15, 0.2) is 51.7 Å². The second-order valence-electron chi connectivity index (χ2n) is 8.56. The highest BCUT2D eigenvalue weighted by Gasteiger charge is 2.29. The van der Waals surface area contributed by atoms with E-state index >= 15 is 0 Å². The van der Waals surface area contributed by atoms with Crippen LogP contribution in [0.1, 0.15) is 51.8 Å². The number of tetrazole rings is 1. The summed E-state index contributed by atoms with van der Waals surface area (Å²) in [7, 11) is 0. The van der Waals surface area contributed by atoms with Crippen molar-refractivity contribution in [1.82, 2.24) is 35.5 Å². The molecule has 1 aliphatic carbocycles. The van der Waals surface area contributed by atoms with Crippen molar-refractivity contribution >= 4 is 33.7 Å². The van der Waals surface area contributed by atoms with E-state index in [1.165, 1.54) is 0 Å². The Morgan fingerprint density at radius 1 is 1.11 bits per heavy atom. The minimum atomic E-state index is -0.373. The topological polar surface area (TPSA) is 144 Å². The van der Waals surface area contributed by atoms with E-state index in [0.717, 1.165) is 32.6 Å². The molecule has 1 aromatic carbocycles. The Kier molecular flexibility index (Phi) is 7.05. The molecule has 38 heavy (non-hydrogen) atoms. The van der Waals surface area contributed by atoms with Crippen molar-refractivity contribution in [3.63, 3.8) is 0 Å². The van der Waals surface area contributed by atoms with Gasteiger partial charge in [0.15, 0.2) is 0 Å². The molecule has 12 heteroatoms. The number of anilines is 1. The Morgan fingerprint density at radius 3 is 2.66 bits per heavy atom. The average molecular weight is 577 g/mol. The van der Waals surface area contributed by atoms with E-state index in [-0.39, 0.29) is 17.8 Å². The molecule has 0 saturated heterocycles. The SMILES string of the molecule is CCNC(=O)c1c(C)nc(CC)n1Cc1c2ccocc-2c(Br)c1-c1ccccc1C(=O)Nc1nnn[nH]1. The van der Waals surface area contributed by atoms with Crippen LogP contribution in [0.3, 0.4) is 0 Å². The number of nitrogens with zero attached hydrogens (tertiary/aromatic N) is 5.